The van der Waals surface area contributed by atoms with Gasteiger partial charge in [-0.05, 0) is 31.3 Å². The number of nitrogens with two attached hydrogens (primary N) is 1. The minimum atomic E-state index is 0.195. The van der Waals surface area contributed by atoms with Crippen molar-refractivity contribution < 1.29 is 4.74 Å². The first-order chi connectivity index (χ1) is 6.24. The summed E-state index contributed by atoms with van der Waals surface area (Å²) < 4.78 is 5.55. The van der Waals surface area contributed by atoms with Gasteiger partial charge in [-0.2, -0.15) is 0 Å². The summed E-state index contributed by atoms with van der Waals surface area (Å²) in [6.45, 7) is 5.21. The van der Waals surface area contributed by atoms with Crippen LogP contribution in [0.5, 0.6) is 0 Å². The molecule has 0 aliphatic carbocycles. The second-order valence-electron chi connectivity index (χ2n) is 3.95. The fourth-order valence-electron chi connectivity index (χ4n) is 1.56. The molecule has 13 heavy (non-hydrogen) atoms. The molecule has 1 rings (SSSR count). The fraction of sp³-hybridized carbons (Fsp3) is 0.800. The largest absolute Gasteiger partial charge is 0.497 e. The molecule has 1 unspecified atom stereocenters. The molecule has 0 radical (unpaired) electrons. The Morgan fingerprint density at radius 3 is 2.85 bits per heavy atom. The van der Waals surface area contributed by atoms with Crippen molar-refractivity contribution in [3.05, 3.63) is 11.8 Å². The predicted octanol–water partition coefficient (Wildman–Crippen LogP) is 1.56. The Bertz CT molecular complexity index is 178. The number of nitrogens with one attached hydrogen (secondary N) is 1. The van der Waals surface area contributed by atoms with Crippen molar-refractivity contribution in [2.45, 2.75) is 39.2 Å². The Kier molecular flexibility index (Phi) is 4.25. The van der Waals surface area contributed by atoms with E-state index in [4.69, 9.17) is 10.6 Å². The smallest absolute Gasteiger partial charge is 0.110 e. The predicted molar refractivity (Wildman–Crippen MR) is 53.8 cm³/mol. The van der Waals surface area contributed by atoms with Crippen LogP contribution in [0.1, 0.15) is 33.1 Å². The van der Waals surface area contributed by atoms with E-state index < -0.39 is 0 Å². The van der Waals surface area contributed by atoms with E-state index in [1.165, 1.54) is 0 Å². The standard InChI is InChI=1S/C10H20N2O/c1-8(2)7-9(12-11)10-5-3-4-6-13-10/h5,8-9,12H,3-4,6-7,11H2,1-2H3. The highest BCUT2D eigenvalue weighted by atomic mass is 16.5. The summed E-state index contributed by atoms with van der Waals surface area (Å²) in [5.74, 6) is 7.14. The van der Waals surface area contributed by atoms with Crippen LogP contribution in [0.25, 0.3) is 0 Å². The van der Waals surface area contributed by atoms with E-state index in [1.807, 2.05) is 0 Å². The molecule has 0 spiro atoms. The zero-order chi connectivity index (χ0) is 9.68. The Labute approximate surface area is 80.3 Å². The van der Waals surface area contributed by atoms with Gasteiger partial charge in [0.2, 0.25) is 0 Å². The lowest BCUT2D eigenvalue weighted by molar-refractivity contribution is 0.161. The molecule has 0 amide bonds. The van der Waals surface area contributed by atoms with Crippen molar-refractivity contribution in [2.24, 2.45) is 11.8 Å². The Balaban J connectivity index is 2.49. The second kappa shape index (κ2) is 5.25. The molecule has 0 fully saturated rings. The number of rotatable bonds is 4. The van der Waals surface area contributed by atoms with Crippen LogP contribution >= 0.6 is 0 Å². The van der Waals surface area contributed by atoms with Crippen LogP contribution in [0.4, 0.5) is 0 Å². The average Bonchev–Trinajstić information content (AvgIpc) is 2.15. The van der Waals surface area contributed by atoms with Gasteiger partial charge in [0.1, 0.15) is 5.76 Å². The number of ether oxygens (including phenoxy) is 1. The van der Waals surface area contributed by atoms with Gasteiger partial charge < -0.3 is 4.74 Å². The average molecular weight is 184 g/mol. The minimum Gasteiger partial charge on any atom is -0.497 e. The molecule has 0 bridgehead atoms. The quantitative estimate of drug-likeness (QED) is 0.515. The summed E-state index contributed by atoms with van der Waals surface area (Å²) in [5, 5.41) is 0. The van der Waals surface area contributed by atoms with Gasteiger partial charge in [0.05, 0.1) is 12.6 Å². The topological polar surface area (TPSA) is 47.3 Å². The van der Waals surface area contributed by atoms with Crippen molar-refractivity contribution in [2.75, 3.05) is 6.61 Å². The van der Waals surface area contributed by atoms with Crippen LogP contribution in [0, 0.1) is 5.92 Å². The second-order valence-corrected chi connectivity index (χ2v) is 3.95. The van der Waals surface area contributed by atoms with Gasteiger partial charge in [-0.15, -0.1) is 0 Å². The van der Waals surface area contributed by atoms with E-state index in [0.717, 1.165) is 31.6 Å². The van der Waals surface area contributed by atoms with E-state index in [1.54, 1.807) is 0 Å². The third-order valence-corrected chi connectivity index (χ3v) is 2.21. The molecule has 1 heterocycles. The number of hydrogen-bond acceptors (Lipinski definition) is 3. The SMILES string of the molecule is CC(C)CC(NN)C1=CCCCO1. The highest BCUT2D eigenvalue weighted by Crippen LogP contribution is 2.18. The lowest BCUT2D eigenvalue weighted by atomic mass is 10.0. The maximum atomic E-state index is 5.55. The van der Waals surface area contributed by atoms with Crippen molar-refractivity contribution in [1.82, 2.24) is 5.43 Å². The summed E-state index contributed by atoms with van der Waals surface area (Å²) in [5.41, 5.74) is 2.81. The third-order valence-electron chi connectivity index (χ3n) is 2.21. The van der Waals surface area contributed by atoms with E-state index in [2.05, 4.69) is 25.3 Å². The molecule has 1 atom stereocenters. The zero-order valence-corrected chi connectivity index (χ0v) is 8.55. The zero-order valence-electron chi connectivity index (χ0n) is 8.55. The molecule has 3 heteroatoms. The van der Waals surface area contributed by atoms with Gasteiger partial charge in [-0.3, -0.25) is 5.84 Å². The molecule has 3 nitrogen and oxygen atoms in total. The van der Waals surface area contributed by atoms with Crippen molar-refractivity contribution in [1.29, 1.82) is 0 Å². The lowest BCUT2D eigenvalue weighted by Crippen LogP contribution is -2.38. The summed E-state index contributed by atoms with van der Waals surface area (Å²) in [6, 6.07) is 0.195. The summed E-state index contributed by atoms with van der Waals surface area (Å²) >= 11 is 0. The maximum absolute atomic E-state index is 5.55. The van der Waals surface area contributed by atoms with E-state index in [9.17, 15) is 0 Å². The van der Waals surface area contributed by atoms with Crippen LogP contribution in [0.2, 0.25) is 0 Å². The van der Waals surface area contributed by atoms with Crippen molar-refractivity contribution in [3.63, 3.8) is 0 Å². The molecule has 0 aromatic rings. The van der Waals surface area contributed by atoms with Gasteiger partial charge in [-0.1, -0.05) is 13.8 Å². The summed E-state index contributed by atoms with van der Waals surface area (Å²) in [7, 11) is 0. The molecule has 76 valence electrons. The maximum Gasteiger partial charge on any atom is 0.110 e. The molecule has 0 saturated carbocycles. The monoisotopic (exact) mass is 184 g/mol. The van der Waals surface area contributed by atoms with Crippen LogP contribution in [0.3, 0.4) is 0 Å². The van der Waals surface area contributed by atoms with E-state index in [0.29, 0.717) is 5.92 Å². The van der Waals surface area contributed by atoms with Gasteiger partial charge in [0.25, 0.3) is 0 Å². The normalized spacial score (nSPS) is 19.5. The molecule has 0 aromatic carbocycles. The van der Waals surface area contributed by atoms with Gasteiger partial charge in [-0.25, -0.2) is 5.43 Å². The van der Waals surface area contributed by atoms with Crippen molar-refractivity contribution >= 4 is 0 Å². The van der Waals surface area contributed by atoms with E-state index in [-0.39, 0.29) is 6.04 Å². The molecule has 3 N–H and O–H groups in total. The van der Waals surface area contributed by atoms with Crippen LogP contribution in [-0.2, 0) is 4.74 Å². The third kappa shape index (κ3) is 3.36. The molecule has 1 aliphatic rings. The molecule has 0 saturated heterocycles. The van der Waals surface area contributed by atoms with Crippen LogP contribution in [0.15, 0.2) is 11.8 Å². The first kappa shape index (κ1) is 10.5. The van der Waals surface area contributed by atoms with Crippen LogP contribution < -0.4 is 11.3 Å². The lowest BCUT2D eigenvalue weighted by Gasteiger charge is -2.24. The summed E-state index contributed by atoms with van der Waals surface area (Å²) in [4.78, 5) is 0. The van der Waals surface area contributed by atoms with E-state index >= 15 is 0 Å². The van der Waals surface area contributed by atoms with Gasteiger partial charge >= 0.3 is 0 Å². The highest BCUT2D eigenvalue weighted by Gasteiger charge is 2.17. The molecular formula is C10H20N2O. The number of allylic oxidation sites excluding steroid dienone is 1. The first-order valence-corrected chi connectivity index (χ1v) is 5.03. The Morgan fingerprint density at radius 2 is 2.38 bits per heavy atom. The number of hydrazine groups is 1. The minimum absolute atomic E-state index is 0.195. The van der Waals surface area contributed by atoms with Gasteiger partial charge in [0, 0.05) is 0 Å². The van der Waals surface area contributed by atoms with Crippen molar-refractivity contribution in [3.8, 4) is 0 Å². The molecular weight excluding hydrogens is 164 g/mol. The fourth-order valence-corrected chi connectivity index (χ4v) is 1.56. The Morgan fingerprint density at radius 1 is 1.62 bits per heavy atom. The molecule has 0 aromatic heterocycles. The van der Waals surface area contributed by atoms with Gasteiger partial charge in [0.15, 0.2) is 0 Å². The Hall–Kier alpha value is -0.540. The first-order valence-electron chi connectivity index (χ1n) is 5.03. The number of hydrogen-bond donors (Lipinski definition) is 2. The van der Waals surface area contributed by atoms with Crippen LogP contribution in [-0.4, -0.2) is 12.6 Å². The summed E-state index contributed by atoms with van der Waals surface area (Å²) in [6.07, 6.45) is 5.42. The molecule has 1 aliphatic heterocycles. The highest BCUT2D eigenvalue weighted by molar-refractivity contribution is 5.05.